The smallest absolute Gasteiger partial charge is 0.251 e. The van der Waals surface area contributed by atoms with Crippen molar-refractivity contribution in [1.29, 1.82) is 0 Å². The van der Waals surface area contributed by atoms with E-state index in [4.69, 9.17) is 4.74 Å². The molecule has 2 aromatic rings. The minimum absolute atomic E-state index is 0.00889. The second-order valence-electron chi connectivity index (χ2n) is 6.86. The summed E-state index contributed by atoms with van der Waals surface area (Å²) in [7, 11) is 1.60. The van der Waals surface area contributed by atoms with E-state index in [1.54, 1.807) is 25.4 Å². The van der Waals surface area contributed by atoms with E-state index in [2.05, 4.69) is 10.3 Å². The molecule has 0 radical (unpaired) electrons. The van der Waals surface area contributed by atoms with Gasteiger partial charge in [-0.25, -0.2) is 0 Å². The molecule has 132 valence electrons. The average molecular weight is 340 g/mol. The van der Waals surface area contributed by atoms with Gasteiger partial charge < -0.3 is 15.2 Å². The molecule has 0 saturated heterocycles. The largest absolute Gasteiger partial charge is 0.496 e. The maximum absolute atomic E-state index is 12.7. The number of aliphatic hydroxyl groups excluding tert-OH is 1. The molecule has 5 heteroatoms. The van der Waals surface area contributed by atoms with Gasteiger partial charge in [0.2, 0.25) is 0 Å². The lowest BCUT2D eigenvalue weighted by Crippen LogP contribution is -2.44. The van der Waals surface area contributed by atoms with Crippen LogP contribution in [-0.4, -0.2) is 35.8 Å². The number of methoxy groups -OCH3 is 1. The second kappa shape index (κ2) is 7.23. The summed E-state index contributed by atoms with van der Waals surface area (Å²) in [5.41, 5.74) is 1.86. The van der Waals surface area contributed by atoms with Crippen molar-refractivity contribution in [2.45, 2.75) is 32.2 Å². The number of amides is 1. The van der Waals surface area contributed by atoms with E-state index in [0.29, 0.717) is 11.3 Å². The maximum Gasteiger partial charge on any atom is 0.251 e. The fraction of sp³-hybridized carbons (Fsp3) is 0.400. The molecule has 0 bridgehead atoms. The summed E-state index contributed by atoms with van der Waals surface area (Å²) < 4.78 is 5.41. The Kier molecular flexibility index (Phi) is 5.04. The van der Waals surface area contributed by atoms with E-state index in [1.165, 1.54) is 0 Å². The third-order valence-corrected chi connectivity index (χ3v) is 5.15. The van der Waals surface area contributed by atoms with Gasteiger partial charge in [-0.15, -0.1) is 0 Å². The third kappa shape index (κ3) is 3.51. The molecule has 1 amide bonds. The van der Waals surface area contributed by atoms with Crippen LogP contribution in [0.5, 0.6) is 5.75 Å². The number of ether oxygens (including phenoxy) is 1. The van der Waals surface area contributed by atoms with Gasteiger partial charge in [-0.05, 0) is 43.2 Å². The van der Waals surface area contributed by atoms with E-state index in [0.717, 1.165) is 30.5 Å². The Hall–Kier alpha value is -2.40. The number of benzene rings is 1. The van der Waals surface area contributed by atoms with Gasteiger partial charge in [0.25, 0.3) is 5.91 Å². The zero-order chi connectivity index (χ0) is 17.9. The number of nitrogens with zero attached hydrogens (tertiary/aromatic N) is 1. The predicted molar refractivity (Wildman–Crippen MR) is 96.5 cm³/mol. The van der Waals surface area contributed by atoms with Crippen molar-refractivity contribution in [1.82, 2.24) is 10.3 Å². The summed E-state index contributed by atoms with van der Waals surface area (Å²) in [6, 6.07) is 11.0. The molecule has 1 fully saturated rings. The van der Waals surface area contributed by atoms with Crippen LogP contribution in [-0.2, 0) is 0 Å². The first kappa shape index (κ1) is 17.4. The lowest BCUT2D eigenvalue weighted by molar-refractivity contribution is 0.0830. The zero-order valence-corrected chi connectivity index (χ0v) is 14.7. The Morgan fingerprint density at radius 3 is 2.92 bits per heavy atom. The van der Waals surface area contributed by atoms with E-state index in [1.807, 2.05) is 31.2 Å². The monoisotopic (exact) mass is 340 g/mol. The molecule has 0 unspecified atom stereocenters. The van der Waals surface area contributed by atoms with Gasteiger partial charge >= 0.3 is 0 Å². The van der Waals surface area contributed by atoms with Crippen LogP contribution in [0.2, 0.25) is 0 Å². The van der Waals surface area contributed by atoms with Crippen LogP contribution >= 0.6 is 0 Å². The number of rotatable bonds is 5. The zero-order valence-electron chi connectivity index (χ0n) is 14.7. The normalized spacial score (nSPS) is 22.6. The summed E-state index contributed by atoms with van der Waals surface area (Å²) >= 11 is 0. The lowest BCUT2D eigenvalue weighted by atomic mass is 9.85. The molecule has 2 atom stereocenters. The van der Waals surface area contributed by atoms with Crippen molar-refractivity contribution in [3.63, 3.8) is 0 Å². The van der Waals surface area contributed by atoms with Gasteiger partial charge in [0.05, 0.1) is 19.4 Å². The number of hydrogen-bond donors (Lipinski definition) is 2. The Balaban J connectivity index is 1.86. The van der Waals surface area contributed by atoms with Gasteiger partial charge in [0.1, 0.15) is 5.75 Å². The molecule has 0 spiro atoms. The van der Waals surface area contributed by atoms with E-state index < -0.39 is 0 Å². The van der Waals surface area contributed by atoms with Crippen molar-refractivity contribution in [2.24, 2.45) is 5.41 Å². The molecule has 1 heterocycles. The first-order valence-corrected chi connectivity index (χ1v) is 8.58. The van der Waals surface area contributed by atoms with Crippen molar-refractivity contribution < 1.29 is 14.6 Å². The number of carbonyl (C=O) groups is 1. The first-order chi connectivity index (χ1) is 12.1. The molecule has 1 aromatic heterocycles. The average Bonchev–Trinajstić information content (AvgIpc) is 3.03. The number of aliphatic hydroxyl groups is 1. The molecule has 1 aliphatic carbocycles. The van der Waals surface area contributed by atoms with E-state index >= 15 is 0 Å². The fourth-order valence-corrected chi connectivity index (χ4v) is 3.48. The minimum Gasteiger partial charge on any atom is -0.496 e. The van der Waals surface area contributed by atoms with Crippen LogP contribution in [0.3, 0.4) is 0 Å². The summed E-state index contributed by atoms with van der Waals surface area (Å²) in [5.74, 6) is 0.544. The van der Waals surface area contributed by atoms with Crippen LogP contribution in [0.15, 0.2) is 42.6 Å². The highest BCUT2D eigenvalue weighted by atomic mass is 16.5. The Bertz CT molecular complexity index is 748. The minimum atomic E-state index is -0.244. The van der Waals surface area contributed by atoms with Gasteiger partial charge in [-0.2, -0.15) is 0 Å². The number of nitrogens with one attached hydrogen (secondary N) is 1. The highest BCUT2D eigenvalue weighted by Gasteiger charge is 2.39. The SMILES string of the molecule is COc1ccc(C(=O)N[C@@H]2CCC[C@]2(C)CO)cc1-c1ccccn1. The molecular weight excluding hydrogens is 316 g/mol. The van der Waals surface area contributed by atoms with Gasteiger partial charge in [0, 0.05) is 28.8 Å². The molecule has 5 nitrogen and oxygen atoms in total. The highest BCUT2D eigenvalue weighted by molar-refractivity contribution is 5.96. The van der Waals surface area contributed by atoms with E-state index in [-0.39, 0.29) is 24.0 Å². The van der Waals surface area contributed by atoms with Crippen LogP contribution in [0.25, 0.3) is 11.3 Å². The summed E-state index contributed by atoms with van der Waals surface area (Å²) in [6.07, 6.45) is 4.55. The molecule has 0 aliphatic heterocycles. The van der Waals surface area contributed by atoms with Crippen LogP contribution < -0.4 is 10.1 Å². The summed E-state index contributed by atoms with van der Waals surface area (Å²) in [5, 5.41) is 12.8. The predicted octanol–water partition coefficient (Wildman–Crippen LogP) is 3.04. The van der Waals surface area contributed by atoms with Gasteiger partial charge in [-0.1, -0.05) is 19.4 Å². The molecule has 3 rings (SSSR count). The van der Waals surface area contributed by atoms with Crippen LogP contribution in [0.1, 0.15) is 36.5 Å². The second-order valence-corrected chi connectivity index (χ2v) is 6.86. The fourth-order valence-electron chi connectivity index (χ4n) is 3.48. The molecule has 2 N–H and O–H groups in total. The molecular formula is C20H24N2O3. The van der Waals surface area contributed by atoms with Crippen molar-refractivity contribution >= 4 is 5.91 Å². The van der Waals surface area contributed by atoms with Gasteiger partial charge in [-0.3, -0.25) is 9.78 Å². The first-order valence-electron chi connectivity index (χ1n) is 8.58. The summed E-state index contributed by atoms with van der Waals surface area (Å²) in [4.78, 5) is 17.1. The number of pyridine rings is 1. The Morgan fingerprint density at radius 2 is 2.24 bits per heavy atom. The standard InChI is InChI=1S/C20H24N2O3/c1-20(13-23)10-5-7-18(20)22-19(24)14-8-9-17(25-2)15(12-14)16-6-3-4-11-21-16/h3-4,6,8-9,11-12,18,23H,5,7,10,13H2,1-2H3,(H,22,24)/t18-,20-/m1/s1. The van der Waals surface area contributed by atoms with Crippen molar-refractivity contribution in [2.75, 3.05) is 13.7 Å². The van der Waals surface area contributed by atoms with Crippen LogP contribution in [0.4, 0.5) is 0 Å². The quantitative estimate of drug-likeness (QED) is 0.878. The number of hydrogen-bond acceptors (Lipinski definition) is 4. The van der Waals surface area contributed by atoms with Gasteiger partial charge in [0.15, 0.2) is 0 Å². The van der Waals surface area contributed by atoms with E-state index in [9.17, 15) is 9.90 Å². The van der Waals surface area contributed by atoms with Crippen molar-refractivity contribution in [3.8, 4) is 17.0 Å². The van der Waals surface area contributed by atoms with Crippen LogP contribution in [0, 0.1) is 5.41 Å². The molecule has 25 heavy (non-hydrogen) atoms. The number of aromatic nitrogens is 1. The Labute approximate surface area is 148 Å². The topological polar surface area (TPSA) is 71.5 Å². The maximum atomic E-state index is 12.7. The summed E-state index contributed by atoms with van der Waals surface area (Å²) in [6.45, 7) is 2.11. The van der Waals surface area contributed by atoms with Crippen molar-refractivity contribution in [3.05, 3.63) is 48.2 Å². The molecule has 1 aliphatic rings. The lowest BCUT2D eigenvalue weighted by Gasteiger charge is -2.30. The highest BCUT2D eigenvalue weighted by Crippen LogP contribution is 2.37. The Morgan fingerprint density at radius 1 is 1.40 bits per heavy atom. The third-order valence-electron chi connectivity index (χ3n) is 5.15. The molecule has 1 saturated carbocycles. The molecule has 1 aromatic carbocycles. The number of carbonyl (C=O) groups excluding carboxylic acids is 1.